The Morgan fingerprint density at radius 1 is 1.16 bits per heavy atom. The fourth-order valence-corrected chi connectivity index (χ4v) is 7.35. The number of carbonyl (C=O) groups is 2. The van der Waals surface area contributed by atoms with Crippen LogP contribution in [0.1, 0.15) is 48.0 Å². The van der Waals surface area contributed by atoms with Crippen LogP contribution in [0, 0.1) is 35.0 Å². The fourth-order valence-electron chi connectivity index (χ4n) is 7.35. The van der Waals surface area contributed by atoms with Gasteiger partial charge in [-0.2, -0.15) is 0 Å². The van der Waals surface area contributed by atoms with E-state index >= 15 is 0 Å². The van der Waals surface area contributed by atoms with Crippen molar-refractivity contribution in [1.29, 1.82) is 0 Å². The van der Waals surface area contributed by atoms with Crippen molar-refractivity contribution in [2.24, 2.45) is 35.0 Å². The third-order valence-corrected chi connectivity index (χ3v) is 8.69. The van der Waals surface area contributed by atoms with E-state index in [1.807, 2.05) is 39.8 Å². The second-order valence-corrected chi connectivity index (χ2v) is 10.6. The van der Waals surface area contributed by atoms with Gasteiger partial charge >= 0.3 is 11.9 Å². The molecule has 4 rings (SSSR count). The maximum absolute atomic E-state index is 12.4. The lowest BCUT2D eigenvalue weighted by Crippen LogP contribution is -2.63. The number of hydrogen-bond donors (Lipinski definition) is 3. The average molecular weight is 435 g/mol. The van der Waals surface area contributed by atoms with Crippen molar-refractivity contribution in [1.82, 2.24) is 0 Å². The molecule has 172 valence electrons. The van der Waals surface area contributed by atoms with Gasteiger partial charge < -0.3 is 24.8 Å². The van der Waals surface area contributed by atoms with Gasteiger partial charge in [-0.25, -0.2) is 0 Å². The number of fused-ring (bicyclic) bond motifs is 5. The van der Waals surface area contributed by atoms with Crippen LogP contribution < -0.4 is 0 Å². The molecule has 0 aliphatic heterocycles. The van der Waals surface area contributed by atoms with Crippen molar-refractivity contribution in [2.45, 2.75) is 71.4 Å². The predicted octanol–water partition coefficient (Wildman–Crippen LogP) is 1.75. The maximum atomic E-state index is 12.4. The van der Waals surface area contributed by atoms with E-state index in [0.29, 0.717) is 6.42 Å². The summed E-state index contributed by atoms with van der Waals surface area (Å²) in [6, 6.07) is 0. The van der Waals surface area contributed by atoms with Gasteiger partial charge in [-0.1, -0.05) is 32.9 Å². The topological polar surface area (TPSA) is 113 Å². The first-order valence-corrected chi connectivity index (χ1v) is 11.1. The highest BCUT2D eigenvalue weighted by atomic mass is 16.6. The molecule has 31 heavy (non-hydrogen) atoms. The SMILES string of the molecule is CC(=O)OC1C(C)C2(O)C3C=C(C)C(O)C3CC(CO)=CC2C2C(C)(C)C12OC(C)=O. The minimum Gasteiger partial charge on any atom is -0.458 e. The molecule has 0 aromatic heterocycles. The molecule has 0 amide bonds. The summed E-state index contributed by atoms with van der Waals surface area (Å²) in [5, 5.41) is 33.3. The molecule has 4 aliphatic carbocycles. The van der Waals surface area contributed by atoms with E-state index < -0.39 is 52.6 Å². The molecule has 0 heterocycles. The molecule has 2 fully saturated rings. The highest BCUT2D eigenvalue weighted by Crippen LogP contribution is 2.77. The van der Waals surface area contributed by atoms with Crippen LogP contribution in [0.4, 0.5) is 0 Å². The van der Waals surface area contributed by atoms with Crippen molar-refractivity contribution in [3.63, 3.8) is 0 Å². The second kappa shape index (κ2) is 6.90. The summed E-state index contributed by atoms with van der Waals surface area (Å²) >= 11 is 0. The lowest BCUT2D eigenvalue weighted by atomic mass is 9.59. The molecule has 0 aromatic rings. The van der Waals surface area contributed by atoms with E-state index in [2.05, 4.69) is 0 Å². The molecule has 7 heteroatoms. The smallest absolute Gasteiger partial charge is 0.303 e. The highest BCUT2D eigenvalue weighted by molar-refractivity contribution is 5.69. The van der Waals surface area contributed by atoms with Gasteiger partial charge in [0.2, 0.25) is 0 Å². The third-order valence-electron chi connectivity index (χ3n) is 8.69. The Balaban J connectivity index is 1.93. The molecule has 0 aromatic carbocycles. The van der Waals surface area contributed by atoms with Crippen LogP contribution in [0.5, 0.6) is 0 Å². The first kappa shape index (κ1) is 22.5. The van der Waals surface area contributed by atoms with Gasteiger partial charge in [-0.05, 0) is 24.5 Å². The quantitative estimate of drug-likeness (QED) is 0.458. The lowest BCUT2D eigenvalue weighted by Gasteiger charge is -2.52. The summed E-state index contributed by atoms with van der Waals surface area (Å²) in [4.78, 5) is 24.2. The van der Waals surface area contributed by atoms with Crippen molar-refractivity contribution in [2.75, 3.05) is 6.61 Å². The Bertz CT molecular complexity index is 873. The van der Waals surface area contributed by atoms with E-state index in [1.54, 1.807) is 0 Å². The molecule has 0 radical (unpaired) electrons. The number of rotatable bonds is 3. The van der Waals surface area contributed by atoms with E-state index in [0.717, 1.165) is 11.1 Å². The van der Waals surface area contributed by atoms with Gasteiger partial charge in [0, 0.05) is 48.9 Å². The Morgan fingerprint density at radius 3 is 2.35 bits per heavy atom. The standard InChI is InChI=1S/C24H34O7/c1-11-7-17-16(19(11)28)8-15(10-25)9-18-20-22(5,6)24(20,31-14(4)27)21(30-13(3)26)12(2)23(17,18)29/h7,9,12,16-21,25,28-29H,8,10H2,1-6H3. The molecular weight excluding hydrogens is 400 g/mol. The highest BCUT2D eigenvalue weighted by Gasteiger charge is 2.87. The van der Waals surface area contributed by atoms with Crippen molar-refractivity contribution < 1.29 is 34.4 Å². The molecule has 7 nitrogen and oxygen atoms in total. The monoisotopic (exact) mass is 434 g/mol. The summed E-state index contributed by atoms with van der Waals surface area (Å²) in [6.45, 7) is 10.1. The number of ether oxygens (including phenoxy) is 2. The summed E-state index contributed by atoms with van der Waals surface area (Å²) in [6.07, 6.45) is 2.78. The predicted molar refractivity (Wildman–Crippen MR) is 111 cm³/mol. The molecule has 4 aliphatic rings. The van der Waals surface area contributed by atoms with Gasteiger partial charge in [0.15, 0.2) is 5.60 Å². The zero-order valence-electron chi connectivity index (χ0n) is 19.1. The molecule has 9 atom stereocenters. The molecule has 2 saturated carbocycles. The van der Waals surface area contributed by atoms with Crippen LogP contribution in [0.2, 0.25) is 0 Å². The van der Waals surface area contributed by atoms with Crippen molar-refractivity contribution in [3.05, 3.63) is 23.3 Å². The summed E-state index contributed by atoms with van der Waals surface area (Å²) in [5.41, 5.74) is -1.41. The molecule has 3 N–H and O–H groups in total. The minimum absolute atomic E-state index is 0.170. The van der Waals surface area contributed by atoms with Gasteiger partial charge in [-0.3, -0.25) is 9.59 Å². The molecule has 0 bridgehead atoms. The zero-order chi connectivity index (χ0) is 23.1. The van der Waals surface area contributed by atoms with Crippen LogP contribution in [0.3, 0.4) is 0 Å². The Labute approximate surface area is 183 Å². The average Bonchev–Trinajstić information content (AvgIpc) is 3.06. The molecule has 0 saturated heterocycles. The van der Waals surface area contributed by atoms with Gasteiger partial charge in [0.1, 0.15) is 6.10 Å². The van der Waals surface area contributed by atoms with E-state index in [-0.39, 0.29) is 24.4 Å². The maximum Gasteiger partial charge on any atom is 0.303 e. The van der Waals surface area contributed by atoms with Crippen molar-refractivity contribution >= 4 is 11.9 Å². The van der Waals surface area contributed by atoms with E-state index in [9.17, 15) is 24.9 Å². The second-order valence-electron chi connectivity index (χ2n) is 10.6. The molecule has 0 spiro atoms. The minimum atomic E-state index is -1.34. The summed E-state index contributed by atoms with van der Waals surface area (Å²) in [5.74, 6) is -2.94. The number of aliphatic hydroxyl groups excluding tert-OH is 2. The van der Waals surface area contributed by atoms with E-state index in [1.165, 1.54) is 13.8 Å². The zero-order valence-corrected chi connectivity index (χ0v) is 19.1. The summed E-state index contributed by atoms with van der Waals surface area (Å²) < 4.78 is 11.7. The Kier molecular flexibility index (Phi) is 5.00. The normalized spacial score (nSPS) is 47.1. The number of aliphatic hydroxyl groups is 3. The Hall–Kier alpha value is -1.70. The number of esters is 2. The number of carbonyl (C=O) groups excluding carboxylic acids is 2. The van der Waals surface area contributed by atoms with Gasteiger partial charge in [0.25, 0.3) is 0 Å². The summed E-state index contributed by atoms with van der Waals surface area (Å²) in [7, 11) is 0. The fraction of sp³-hybridized carbons (Fsp3) is 0.750. The lowest BCUT2D eigenvalue weighted by molar-refractivity contribution is -0.220. The van der Waals surface area contributed by atoms with Crippen LogP contribution in [0.25, 0.3) is 0 Å². The van der Waals surface area contributed by atoms with Gasteiger partial charge in [-0.15, -0.1) is 0 Å². The first-order chi connectivity index (χ1) is 14.3. The first-order valence-electron chi connectivity index (χ1n) is 11.1. The number of hydrogen-bond acceptors (Lipinski definition) is 7. The van der Waals surface area contributed by atoms with Gasteiger partial charge in [0.05, 0.1) is 18.3 Å². The van der Waals surface area contributed by atoms with Crippen molar-refractivity contribution in [3.8, 4) is 0 Å². The third kappa shape index (κ3) is 2.75. The van der Waals surface area contributed by atoms with Crippen LogP contribution in [-0.4, -0.2) is 57.3 Å². The Morgan fingerprint density at radius 2 is 1.81 bits per heavy atom. The van der Waals surface area contributed by atoms with Crippen LogP contribution >= 0.6 is 0 Å². The molecular formula is C24H34O7. The van der Waals surface area contributed by atoms with Crippen LogP contribution in [0.15, 0.2) is 23.3 Å². The van der Waals surface area contributed by atoms with Crippen LogP contribution in [-0.2, 0) is 19.1 Å². The largest absolute Gasteiger partial charge is 0.458 e. The van der Waals surface area contributed by atoms with E-state index in [4.69, 9.17) is 9.47 Å². The molecule has 9 unspecified atom stereocenters.